The highest BCUT2D eigenvalue weighted by Crippen LogP contribution is 2.13. The molecule has 0 aliphatic heterocycles. The maximum absolute atomic E-state index is 12.8. The fraction of sp³-hybridized carbons (Fsp3) is 0.557. The van der Waals surface area contributed by atoms with Gasteiger partial charge in [0.1, 0.15) is 13.2 Å². The Morgan fingerprint density at radius 1 is 0.313 bits per heavy atom. The Morgan fingerprint density at radius 2 is 0.612 bits per heavy atom. The van der Waals surface area contributed by atoms with Gasteiger partial charge in [-0.3, -0.25) is 14.4 Å². The number of carbonyl (C=O) groups excluding carboxylic acids is 3. The fourth-order valence-electron chi connectivity index (χ4n) is 6.62. The summed E-state index contributed by atoms with van der Waals surface area (Å²) in [6.07, 6.45) is 76.8. The van der Waals surface area contributed by atoms with Crippen molar-refractivity contribution in [1.82, 2.24) is 0 Å². The number of carbonyl (C=O) groups is 3. The van der Waals surface area contributed by atoms with Gasteiger partial charge in [-0.2, -0.15) is 0 Å². The van der Waals surface area contributed by atoms with E-state index in [0.717, 1.165) is 135 Å². The topological polar surface area (TPSA) is 78.9 Å². The third-order valence-corrected chi connectivity index (χ3v) is 10.5. The molecule has 0 saturated heterocycles. The summed E-state index contributed by atoms with van der Waals surface area (Å²) in [4.78, 5) is 38.1. The maximum atomic E-state index is 12.8. The van der Waals surface area contributed by atoms with Crippen LogP contribution in [0.3, 0.4) is 0 Å². The smallest absolute Gasteiger partial charge is 0.306 e. The van der Waals surface area contributed by atoms with Crippen LogP contribution in [0.25, 0.3) is 0 Å². The van der Waals surface area contributed by atoms with Gasteiger partial charge in [0.2, 0.25) is 0 Å². The SMILES string of the molecule is CC\C=C/C=C\C=C/C=C\C=C\C=C/CCCCCC(=O)OCC(COC(=O)CCCCCCCC/C=C\C/C=C\C/C=C\CC)OC(=O)CCCCCCCC/C=C\C/C=C\C/C=C\CC. The Kier molecular flexibility index (Phi) is 50.1. The van der Waals surface area contributed by atoms with Gasteiger partial charge < -0.3 is 14.2 Å². The van der Waals surface area contributed by atoms with E-state index in [2.05, 4.69) is 106 Å². The zero-order chi connectivity index (χ0) is 48.6. The molecule has 0 aromatic carbocycles. The minimum Gasteiger partial charge on any atom is -0.462 e. The third-order valence-electron chi connectivity index (χ3n) is 10.5. The molecule has 0 N–H and O–H groups in total. The quantitative estimate of drug-likeness (QED) is 0.0199. The van der Waals surface area contributed by atoms with E-state index in [4.69, 9.17) is 14.2 Å². The molecule has 0 aliphatic carbocycles. The van der Waals surface area contributed by atoms with Gasteiger partial charge in [-0.1, -0.05) is 224 Å². The lowest BCUT2D eigenvalue weighted by atomic mass is 10.1. The van der Waals surface area contributed by atoms with Crippen molar-refractivity contribution in [2.24, 2.45) is 0 Å². The largest absolute Gasteiger partial charge is 0.462 e. The Morgan fingerprint density at radius 3 is 1.03 bits per heavy atom. The number of allylic oxidation sites excluding steroid dienone is 24. The molecule has 6 heteroatoms. The average Bonchev–Trinajstić information content (AvgIpc) is 3.33. The molecule has 0 spiro atoms. The lowest BCUT2D eigenvalue weighted by Gasteiger charge is -2.18. The normalized spacial score (nSPS) is 13.3. The standard InChI is InChI=1S/C61H94O6/c1-4-7-10-13-16-19-22-25-28-31-34-36-39-42-45-48-51-54-60(63)66-57-58(67-61(64)55-52-49-46-43-40-37-33-30-27-24-21-18-15-12-9-6-3)56-65-59(62)53-50-47-44-41-38-35-32-29-26-23-20-17-14-11-8-5-2/h7-13,16-22,25-31,34,36,39,58H,4-6,14-15,23-24,32-33,35,37-38,40-57H2,1-3H3/b10-7-,11-8-,12-9-,16-13-,20-17-,21-18-,22-19-,28-25-,29-26-,30-27-,34-31+,39-36-. The summed E-state index contributed by atoms with van der Waals surface area (Å²) in [6, 6.07) is 0. The van der Waals surface area contributed by atoms with Gasteiger partial charge in [-0.25, -0.2) is 0 Å². The van der Waals surface area contributed by atoms with Gasteiger partial charge in [-0.05, 0) is 103 Å². The van der Waals surface area contributed by atoms with Crippen molar-refractivity contribution in [3.63, 3.8) is 0 Å². The number of hydrogen-bond acceptors (Lipinski definition) is 6. The molecule has 0 saturated carbocycles. The minimum absolute atomic E-state index is 0.111. The van der Waals surface area contributed by atoms with E-state index in [1.807, 2.05) is 60.8 Å². The van der Waals surface area contributed by atoms with Crippen molar-refractivity contribution >= 4 is 17.9 Å². The molecule has 0 heterocycles. The van der Waals surface area contributed by atoms with Crippen molar-refractivity contribution in [3.8, 4) is 0 Å². The average molecular weight is 923 g/mol. The number of esters is 3. The van der Waals surface area contributed by atoms with Crippen LogP contribution in [0, 0.1) is 0 Å². The van der Waals surface area contributed by atoms with Crippen LogP contribution in [0.4, 0.5) is 0 Å². The van der Waals surface area contributed by atoms with Crippen LogP contribution in [0.5, 0.6) is 0 Å². The van der Waals surface area contributed by atoms with Crippen molar-refractivity contribution in [2.75, 3.05) is 13.2 Å². The van der Waals surface area contributed by atoms with Crippen LogP contribution in [0.15, 0.2) is 146 Å². The Bertz CT molecular complexity index is 1530. The highest BCUT2D eigenvalue weighted by molar-refractivity contribution is 5.71. The summed E-state index contributed by atoms with van der Waals surface area (Å²) in [6.45, 7) is 6.19. The zero-order valence-corrected chi connectivity index (χ0v) is 42.6. The Balaban J connectivity index is 4.56. The first-order chi connectivity index (χ1) is 33.0. The molecule has 0 fully saturated rings. The molecule has 1 unspecified atom stereocenters. The van der Waals surface area contributed by atoms with Gasteiger partial charge in [0.05, 0.1) is 0 Å². The molecule has 0 aromatic rings. The molecular weight excluding hydrogens is 829 g/mol. The molecule has 374 valence electrons. The highest BCUT2D eigenvalue weighted by Gasteiger charge is 2.19. The van der Waals surface area contributed by atoms with E-state index in [-0.39, 0.29) is 31.1 Å². The summed E-state index contributed by atoms with van der Waals surface area (Å²) in [5.74, 6) is -0.991. The van der Waals surface area contributed by atoms with Gasteiger partial charge in [-0.15, -0.1) is 0 Å². The lowest BCUT2D eigenvalue weighted by molar-refractivity contribution is -0.167. The van der Waals surface area contributed by atoms with E-state index in [1.54, 1.807) is 0 Å². The molecule has 0 bridgehead atoms. The van der Waals surface area contributed by atoms with E-state index >= 15 is 0 Å². The number of hydrogen-bond donors (Lipinski definition) is 0. The maximum Gasteiger partial charge on any atom is 0.306 e. The first kappa shape index (κ1) is 62.3. The zero-order valence-electron chi connectivity index (χ0n) is 42.6. The second kappa shape index (κ2) is 53.9. The summed E-state index contributed by atoms with van der Waals surface area (Å²) in [5, 5.41) is 0. The monoisotopic (exact) mass is 923 g/mol. The molecule has 6 nitrogen and oxygen atoms in total. The predicted molar refractivity (Wildman–Crippen MR) is 288 cm³/mol. The minimum atomic E-state index is -0.816. The van der Waals surface area contributed by atoms with Crippen molar-refractivity contribution < 1.29 is 28.6 Å². The van der Waals surface area contributed by atoms with E-state index in [0.29, 0.717) is 19.3 Å². The van der Waals surface area contributed by atoms with Gasteiger partial charge in [0.25, 0.3) is 0 Å². The van der Waals surface area contributed by atoms with Crippen LogP contribution in [0.1, 0.15) is 201 Å². The molecule has 0 amide bonds. The Labute approximate surface area is 410 Å². The summed E-state index contributed by atoms with van der Waals surface area (Å²) >= 11 is 0. The number of rotatable bonds is 45. The second-order valence-corrected chi connectivity index (χ2v) is 16.8. The third kappa shape index (κ3) is 52.1. The van der Waals surface area contributed by atoms with Crippen LogP contribution >= 0.6 is 0 Å². The second-order valence-electron chi connectivity index (χ2n) is 16.8. The van der Waals surface area contributed by atoms with E-state index in [1.165, 1.54) is 25.7 Å². The molecule has 0 aromatic heterocycles. The van der Waals surface area contributed by atoms with Gasteiger partial charge >= 0.3 is 17.9 Å². The molecule has 1 atom stereocenters. The first-order valence-corrected chi connectivity index (χ1v) is 26.4. The molecule has 0 aliphatic rings. The molecule has 0 rings (SSSR count). The van der Waals surface area contributed by atoms with Crippen molar-refractivity contribution in [3.05, 3.63) is 146 Å². The first-order valence-electron chi connectivity index (χ1n) is 26.4. The van der Waals surface area contributed by atoms with Crippen LogP contribution in [0.2, 0.25) is 0 Å². The number of ether oxygens (including phenoxy) is 3. The Hall–Kier alpha value is -4.71. The predicted octanol–water partition coefficient (Wildman–Crippen LogP) is 17.6. The lowest BCUT2D eigenvalue weighted by Crippen LogP contribution is -2.30. The van der Waals surface area contributed by atoms with Gasteiger partial charge in [0, 0.05) is 19.3 Å². The van der Waals surface area contributed by atoms with E-state index < -0.39 is 6.10 Å². The molecular formula is C61H94O6. The van der Waals surface area contributed by atoms with Crippen LogP contribution in [-0.4, -0.2) is 37.2 Å². The van der Waals surface area contributed by atoms with Crippen molar-refractivity contribution in [2.45, 2.75) is 207 Å². The molecule has 0 radical (unpaired) electrons. The van der Waals surface area contributed by atoms with E-state index in [9.17, 15) is 14.4 Å². The van der Waals surface area contributed by atoms with Crippen molar-refractivity contribution in [1.29, 1.82) is 0 Å². The summed E-state index contributed by atoms with van der Waals surface area (Å²) in [5.41, 5.74) is 0. The summed E-state index contributed by atoms with van der Waals surface area (Å²) < 4.78 is 16.8. The highest BCUT2D eigenvalue weighted by atomic mass is 16.6. The number of unbranched alkanes of at least 4 members (excludes halogenated alkanes) is 15. The summed E-state index contributed by atoms with van der Waals surface area (Å²) in [7, 11) is 0. The van der Waals surface area contributed by atoms with Crippen LogP contribution < -0.4 is 0 Å². The van der Waals surface area contributed by atoms with Gasteiger partial charge in [0.15, 0.2) is 6.10 Å². The fourth-order valence-corrected chi connectivity index (χ4v) is 6.62. The van der Waals surface area contributed by atoms with Crippen LogP contribution in [-0.2, 0) is 28.6 Å². The molecule has 67 heavy (non-hydrogen) atoms.